The summed E-state index contributed by atoms with van der Waals surface area (Å²) in [5.74, 6) is -10.0. The summed E-state index contributed by atoms with van der Waals surface area (Å²) >= 11 is 0. The van der Waals surface area contributed by atoms with Gasteiger partial charge in [-0.15, -0.1) is 0 Å². The van der Waals surface area contributed by atoms with Gasteiger partial charge in [-0.2, -0.15) is 0 Å². The van der Waals surface area contributed by atoms with Crippen molar-refractivity contribution < 1.29 is 30.6 Å². The van der Waals surface area contributed by atoms with Gasteiger partial charge in [-0.1, -0.05) is 67.0 Å². The van der Waals surface area contributed by atoms with E-state index in [2.05, 4.69) is 40.7 Å². The molecular formula is C30H50O6. The summed E-state index contributed by atoms with van der Waals surface area (Å²) in [5, 5.41) is 67.1. The Hall–Kier alpha value is -0.500. The van der Waals surface area contributed by atoms with Crippen LogP contribution in [0.25, 0.3) is 0 Å². The first-order valence-electron chi connectivity index (χ1n) is 14.1. The lowest BCUT2D eigenvalue weighted by molar-refractivity contribution is -0.539. The minimum atomic E-state index is -3.52. The molecule has 0 saturated heterocycles. The Bertz CT molecular complexity index is 993. The zero-order valence-electron chi connectivity index (χ0n) is 23.6. The second-order valence-electron chi connectivity index (χ2n) is 15.9. The van der Waals surface area contributed by atoms with Gasteiger partial charge in [-0.3, -0.25) is 0 Å². The molecule has 4 saturated carbocycles. The number of hydrogen-bond acceptors (Lipinski definition) is 6. The second-order valence-corrected chi connectivity index (χ2v) is 15.9. The molecule has 5 aliphatic carbocycles. The Morgan fingerprint density at radius 1 is 0.667 bits per heavy atom. The molecule has 0 unspecified atom stereocenters. The second kappa shape index (κ2) is 6.98. The first-order valence-corrected chi connectivity index (χ1v) is 14.1. The molecule has 0 bridgehead atoms. The predicted molar refractivity (Wildman–Crippen MR) is 137 cm³/mol. The van der Waals surface area contributed by atoms with Gasteiger partial charge in [0.05, 0.1) is 0 Å². The van der Waals surface area contributed by atoms with Crippen molar-refractivity contribution in [3.8, 4) is 0 Å². The van der Waals surface area contributed by atoms with Crippen LogP contribution in [0, 0.1) is 50.2 Å². The zero-order chi connectivity index (χ0) is 27.2. The lowest BCUT2D eigenvalue weighted by Gasteiger charge is -2.75. The highest BCUT2D eigenvalue weighted by Gasteiger charge is 2.84. The minimum absolute atomic E-state index is 0.151. The van der Waals surface area contributed by atoms with Crippen LogP contribution in [0.1, 0.15) is 107 Å². The van der Waals surface area contributed by atoms with Gasteiger partial charge in [-0.25, -0.2) is 0 Å². The third-order valence-electron chi connectivity index (χ3n) is 13.7. The topological polar surface area (TPSA) is 121 Å². The quantitative estimate of drug-likeness (QED) is 0.218. The number of rotatable bonds is 0. The normalized spacial score (nSPS) is 51.6. The lowest BCUT2D eigenvalue weighted by atomic mass is 9.32. The molecule has 7 atom stereocenters. The number of allylic oxidation sites excluding steroid dienone is 2. The summed E-state index contributed by atoms with van der Waals surface area (Å²) in [7, 11) is 0. The molecule has 0 aliphatic heterocycles. The van der Waals surface area contributed by atoms with Crippen molar-refractivity contribution in [3.63, 3.8) is 0 Å². The Balaban J connectivity index is 1.67. The maximum absolute atomic E-state index is 11.6. The summed E-state index contributed by atoms with van der Waals surface area (Å²) in [4.78, 5) is 0. The van der Waals surface area contributed by atoms with Crippen LogP contribution < -0.4 is 0 Å². The summed E-state index contributed by atoms with van der Waals surface area (Å²) in [6.45, 7) is 16.8. The lowest BCUT2D eigenvalue weighted by Crippen LogP contribution is -2.86. The molecule has 0 spiro atoms. The average Bonchev–Trinajstić information content (AvgIpc) is 2.74. The van der Waals surface area contributed by atoms with E-state index in [1.54, 1.807) is 20.8 Å². The fraction of sp³-hybridized carbons (Fsp3) is 0.933. The summed E-state index contributed by atoms with van der Waals surface area (Å²) < 4.78 is 0. The molecule has 0 aromatic heterocycles. The zero-order valence-corrected chi connectivity index (χ0v) is 23.6. The molecule has 206 valence electrons. The van der Waals surface area contributed by atoms with Crippen molar-refractivity contribution in [2.45, 2.75) is 124 Å². The molecule has 0 radical (unpaired) electrons. The van der Waals surface area contributed by atoms with Gasteiger partial charge in [-0.05, 0) is 90.8 Å². The van der Waals surface area contributed by atoms with E-state index in [0.29, 0.717) is 24.2 Å². The monoisotopic (exact) mass is 506 g/mol. The van der Waals surface area contributed by atoms with E-state index >= 15 is 0 Å². The average molecular weight is 507 g/mol. The molecule has 0 amide bonds. The molecule has 5 rings (SSSR count). The number of hydrogen-bond donors (Lipinski definition) is 6. The Kier molecular flexibility index (Phi) is 5.25. The van der Waals surface area contributed by atoms with Gasteiger partial charge in [0.2, 0.25) is 11.6 Å². The van der Waals surface area contributed by atoms with E-state index in [9.17, 15) is 30.6 Å². The van der Waals surface area contributed by atoms with Crippen LogP contribution in [0.15, 0.2) is 11.6 Å². The van der Waals surface area contributed by atoms with Crippen LogP contribution in [-0.4, -0.2) is 48.0 Å². The molecule has 0 aromatic rings. The van der Waals surface area contributed by atoms with E-state index < -0.39 is 34.1 Å². The molecule has 0 heterocycles. The maximum atomic E-state index is 11.6. The summed E-state index contributed by atoms with van der Waals surface area (Å²) in [5.41, 5.74) is -1.11. The molecule has 5 aliphatic rings. The Morgan fingerprint density at radius 3 is 1.86 bits per heavy atom. The summed E-state index contributed by atoms with van der Waals surface area (Å²) in [6.07, 6.45) is 10.1. The third kappa shape index (κ3) is 2.70. The molecule has 6 N–H and O–H groups in total. The molecular weight excluding hydrogens is 456 g/mol. The van der Waals surface area contributed by atoms with Gasteiger partial charge in [0, 0.05) is 10.8 Å². The van der Waals surface area contributed by atoms with Crippen molar-refractivity contribution in [2.24, 2.45) is 50.2 Å². The van der Waals surface area contributed by atoms with Gasteiger partial charge in [0.15, 0.2) is 0 Å². The fourth-order valence-corrected chi connectivity index (χ4v) is 10.7. The first-order chi connectivity index (χ1) is 16.1. The van der Waals surface area contributed by atoms with Crippen molar-refractivity contribution in [1.82, 2.24) is 0 Å². The molecule has 36 heavy (non-hydrogen) atoms. The van der Waals surface area contributed by atoms with E-state index in [4.69, 9.17) is 0 Å². The highest BCUT2D eigenvalue weighted by Crippen LogP contribution is 2.78. The van der Waals surface area contributed by atoms with Crippen molar-refractivity contribution in [3.05, 3.63) is 11.6 Å². The van der Waals surface area contributed by atoms with Crippen LogP contribution in [0.4, 0.5) is 0 Å². The number of aliphatic hydroxyl groups is 6. The van der Waals surface area contributed by atoms with Crippen LogP contribution in [0.5, 0.6) is 0 Å². The van der Waals surface area contributed by atoms with Crippen molar-refractivity contribution in [1.29, 1.82) is 0 Å². The fourth-order valence-electron chi connectivity index (χ4n) is 10.7. The van der Waals surface area contributed by atoms with Gasteiger partial charge < -0.3 is 30.6 Å². The van der Waals surface area contributed by atoms with E-state index in [1.807, 2.05) is 0 Å². The predicted octanol–water partition coefficient (Wildman–Crippen LogP) is 4.07. The summed E-state index contributed by atoms with van der Waals surface area (Å²) in [6, 6.07) is 0. The van der Waals surface area contributed by atoms with Crippen LogP contribution in [0.3, 0.4) is 0 Å². The highest BCUT2D eigenvalue weighted by atomic mass is 16.7. The van der Waals surface area contributed by atoms with Gasteiger partial charge in [0.1, 0.15) is 0 Å². The van der Waals surface area contributed by atoms with E-state index in [0.717, 1.165) is 25.7 Å². The minimum Gasteiger partial charge on any atom is -0.361 e. The standard InChI is InChI=1S/C30H50O6/c1-22(2)13-14-24(5)15-16-25(6)18(19(24)17-22)9-10-21-26(25,7)12-11-20-23(3,4)28(31,32)30(35,36)29(33,34)27(20,21)8/h9,19-21,31-36H,10-17H2,1-8H3/t19-,20-,21-,24+,25+,26+,27-/m0/s1. The number of fused-ring (bicyclic) bond motifs is 7. The smallest absolute Gasteiger partial charge is 0.275 e. The Morgan fingerprint density at radius 2 is 1.25 bits per heavy atom. The van der Waals surface area contributed by atoms with Crippen molar-refractivity contribution in [2.75, 3.05) is 0 Å². The van der Waals surface area contributed by atoms with Crippen LogP contribution >= 0.6 is 0 Å². The highest BCUT2D eigenvalue weighted by molar-refractivity contribution is 5.35. The Labute approximate surface area is 216 Å². The van der Waals surface area contributed by atoms with Gasteiger partial charge in [0.25, 0.3) is 5.79 Å². The van der Waals surface area contributed by atoms with Crippen LogP contribution in [-0.2, 0) is 0 Å². The SMILES string of the molecule is CC1(C)CC[C@]2(C)CC[C@]3(C)C(=CC[C@@H]4[C@]5(C)[C@@H](CC[C@]43C)C(C)(C)C(O)(O)C(O)(O)C5(O)O)[C@@H]2C1. The largest absolute Gasteiger partial charge is 0.361 e. The van der Waals surface area contributed by atoms with Crippen LogP contribution in [0.2, 0.25) is 0 Å². The van der Waals surface area contributed by atoms with Crippen molar-refractivity contribution >= 4 is 0 Å². The molecule has 6 heteroatoms. The molecule has 0 aromatic carbocycles. The molecule has 4 fully saturated rings. The van der Waals surface area contributed by atoms with E-state index in [-0.39, 0.29) is 22.2 Å². The maximum Gasteiger partial charge on any atom is 0.275 e. The molecule has 6 nitrogen and oxygen atoms in total. The third-order valence-corrected chi connectivity index (χ3v) is 13.7. The van der Waals surface area contributed by atoms with Gasteiger partial charge >= 0.3 is 0 Å². The first kappa shape index (κ1) is 27.1. The van der Waals surface area contributed by atoms with E-state index in [1.165, 1.54) is 18.4 Å².